The Kier molecular flexibility index (Phi) is 8.59. The average molecular weight is 329 g/mol. The van der Waals surface area contributed by atoms with Crippen molar-refractivity contribution in [2.45, 2.75) is 60.1 Å². The van der Waals surface area contributed by atoms with E-state index in [0.29, 0.717) is 12.5 Å². The second kappa shape index (κ2) is 9.11. The van der Waals surface area contributed by atoms with Gasteiger partial charge in [-0.05, 0) is 33.1 Å². The number of carbonyl (C=O) groups excluding carboxylic acids is 1. The molecule has 0 radical (unpaired) electrons. The van der Waals surface area contributed by atoms with Crippen molar-refractivity contribution in [1.29, 1.82) is 0 Å². The van der Waals surface area contributed by atoms with E-state index in [0.717, 1.165) is 6.54 Å². The lowest BCUT2D eigenvalue weighted by molar-refractivity contribution is -0.122. The molecule has 136 valence electrons. The molecule has 0 aromatic rings. The van der Waals surface area contributed by atoms with Gasteiger partial charge < -0.3 is 20.3 Å². The zero-order valence-electron chi connectivity index (χ0n) is 16.4. The molecule has 0 aliphatic heterocycles. The van der Waals surface area contributed by atoms with Gasteiger partial charge in [-0.2, -0.15) is 0 Å². The minimum atomic E-state index is -0.235. The maximum absolute atomic E-state index is 12.1. The summed E-state index contributed by atoms with van der Waals surface area (Å²) in [6, 6.07) is 0. The Hall–Kier alpha value is -1.30. The maximum Gasteiger partial charge on any atom is 0.240 e. The van der Waals surface area contributed by atoms with Crippen LogP contribution in [0.15, 0.2) is 4.99 Å². The van der Waals surface area contributed by atoms with Gasteiger partial charge in [-0.15, -0.1) is 0 Å². The first-order valence-corrected chi connectivity index (χ1v) is 8.24. The van der Waals surface area contributed by atoms with Crippen molar-refractivity contribution in [2.75, 3.05) is 33.8 Å². The predicted octanol–water partition coefficient (Wildman–Crippen LogP) is 1.86. The lowest BCUT2D eigenvalue weighted by Gasteiger charge is -2.29. The van der Waals surface area contributed by atoms with Crippen LogP contribution < -0.4 is 10.6 Å². The van der Waals surface area contributed by atoms with E-state index in [-0.39, 0.29) is 29.5 Å². The van der Waals surface area contributed by atoms with Crippen molar-refractivity contribution >= 4 is 11.9 Å². The van der Waals surface area contributed by atoms with Gasteiger partial charge in [-0.1, -0.05) is 20.8 Å². The number of nitrogens with one attached hydrogen (secondary N) is 2. The summed E-state index contributed by atoms with van der Waals surface area (Å²) in [6.45, 7) is 15.9. The Morgan fingerprint density at radius 2 is 1.78 bits per heavy atom. The third-order valence-corrected chi connectivity index (χ3v) is 3.25. The molecule has 0 spiro atoms. The zero-order chi connectivity index (χ0) is 18.3. The van der Waals surface area contributed by atoms with Gasteiger partial charge in [0.2, 0.25) is 5.91 Å². The fourth-order valence-corrected chi connectivity index (χ4v) is 2.09. The van der Waals surface area contributed by atoms with E-state index in [1.54, 1.807) is 7.11 Å². The van der Waals surface area contributed by atoms with E-state index in [1.807, 2.05) is 39.6 Å². The summed E-state index contributed by atoms with van der Waals surface area (Å²) in [5, 5.41) is 6.18. The van der Waals surface area contributed by atoms with E-state index in [9.17, 15) is 4.79 Å². The van der Waals surface area contributed by atoms with Crippen molar-refractivity contribution in [3.05, 3.63) is 0 Å². The number of rotatable bonds is 6. The summed E-state index contributed by atoms with van der Waals surface area (Å²) in [5.41, 5.74) is -0.224. The van der Waals surface area contributed by atoms with E-state index in [1.165, 1.54) is 0 Å². The molecule has 0 fully saturated rings. The number of ether oxygens (including phenoxy) is 1. The summed E-state index contributed by atoms with van der Waals surface area (Å²) >= 11 is 0. The van der Waals surface area contributed by atoms with Gasteiger partial charge in [-0.25, -0.2) is 0 Å². The Bertz CT molecular complexity index is 394. The molecule has 1 unspecified atom stereocenters. The largest absolute Gasteiger partial charge is 0.379 e. The molecule has 23 heavy (non-hydrogen) atoms. The Morgan fingerprint density at radius 3 is 2.17 bits per heavy atom. The van der Waals surface area contributed by atoms with Gasteiger partial charge in [0.1, 0.15) is 0 Å². The fraction of sp³-hybridized carbons (Fsp3) is 0.882. The molecule has 0 bridgehead atoms. The molecular formula is C17H36N4O2. The van der Waals surface area contributed by atoms with Gasteiger partial charge in [-0.3, -0.25) is 9.79 Å². The minimum Gasteiger partial charge on any atom is -0.379 e. The van der Waals surface area contributed by atoms with Crippen LogP contribution in [0.4, 0.5) is 0 Å². The molecule has 0 saturated carbocycles. The zero-order valence-corrected chi connectivity index (χ0v) is 16.4. The lowest BCUT2D eigenvalue weighted by Crippen LogP contribution is -2.49. The molecule has 0 saturated heterocycles. The summed E-state index contributed by atoms with van der Waals surface area (Å²) in [4.78, 5) is 18.5. The molecule has 6 nitrogen and oxygen atoms in total. The second-order valence-corrected chi connectivity index (χ2v) is 7.94. The number of amides is 1. The maximum atomic E-state index is 12.1. The number of hydrogen-bond acceptors (Lipinski definition) is 3. The molecule has 2 N–H and O–H groups in total. The molecular weight excluding hydrogens is 292 g/mol. The third-order valence-electron chi connectivity index (χ3n) is 3.25. The minimum absolute atomic E-state index is 0.0117. The molecule has 0 aliphatic carbocycles. The van der Waals surface area contributed by atoms with Crippen LogP contribution in [0.2, 0.25) is 0 Å². The van der Waals surface area contributed by atoms with Crippen LogP contribution in [-0.4, -0.2) is 62.2 Å². The SMILES string of the molecule is CCNC(=NCC(OC)C(C)(C)C)N(C)CC(=O)NC(C)(C)C. The first-order chi connectivity index (χ1) is 10.4. The van der Waals surface area contributed by atoms with Crippen LogP contribution in [-0.2, 0) is 9.53 Å². The smallest absolute Gasteiger partial charge is 0.240 e. The van der Waals surface area contributed by atoms with E-state index >= 15 is 0 Å². The number of nitrogens with zero attached hydrogens (tertiary/aromatic N) is 2. The van der Waals surface area contributed by atoms with Crippen LogP contribution in [0.1, 0.15) is 48.5 Å². The summed E-state index contributed by atoms with van der Waals surface area (Å²) in [5.74, 6) is 0.688. The predicted molar refractivity (Wildman–Crippen MR) is 96.8 cm³/mol. The van der Waals surface area contributed by atoms with Gasteiger partial charge in [0.25, 0.3) is 0 Å². The van der Waals surface area contributed by atoms with Crippen molar-refractivity contribution in [2.24, 2.45) is 10.4 Å². The van der Waals surface area contributed by atoms with Crippen LogP contribution >= 0.6 is 0 Å². The Labute approximate surface area is 142 Å². The van der Waals surface area contributed by atoms with Gasteiger partial charge in [0, 0.05) is 26.2 Å². The monoisotopic (exact) mass is 328 g/mol. The fourth-order valence-electron chi connectivity index (χ4n) is 2.09. The molecule has 0 aromatic carbocycles. The van der Waals surface area contributed by atoms with E-state index < -0.39 is 0 Å². The number of aliphatic imine (C=N–C) groups is 1. The Balaban J connectivity index is 4.88. The van der Waals surface area contributed by atoms with Gasteiger partial charge >= 0.3 is 0 Å². The van der Waals surface area contributed by atoms with Crippen molar-refractivity contribution in [3.63, 3.8) is 0 Å². The van der Waals surface area contributed by atoms with Crippen molar-refractivity contribution in [3.8, 4) is 0 Å². The third kappa shape index (κ3) is 9.43. The lowest BCUT2D eigenvalue weighted by atomic mass is 9.89. The quantitative estimate of drug-likeness (QED) is 0.577. The second-order valence-electron chi connectivity index (χ2n) is 7.94. The molecule has 0 aromatic heterocycles. The highest BCUT2D eigenvalue weighted by Crippen LogP contribution is 2.21. The van der Waals surface area contributed by atoms with Crippen LogP contribution in [0.25, 0.3) is 0 Å². The highest BCUT2D eigenvalue weighted by atomic mass is 16.5. The van der Waals surface area contributed by atoms with Crippen molar-refractivity contribution in [1.82, 2.24) is 15.5 Å². The molecule has 0 aliphatic rings. The number of carbonyl (C=O) groups is 1. The molecule has 6 heteroatoms. The van der Waals surface area contributed by atoms with E-state index in [2.05, 4.69) is 36.4 Å². The molecule has 0 rings (SSSR count). The highest BCUT2D eigenvalue weighted by Gasteiger charge is 2.24. The van der Waals surface area contributed by atoms with E-state index in [4.69, 9.17) is 4.74 Å². The van der Waals surface area contributed by atoms with Crippen molar-refractivity contribution < 1.29 is 9.53 Å². The standard InChI is InChI=1S/C17H36N4O2/c1-10-18-15(19-11-13(23-9)16(2,3)4)21(8)12-14(22)20-17(5,6)7/h13H,10-12H2,1-9H3,(H,18,19)(H,20,22). The van der Waals surface area contributed by atoms with Gasteiger partial charge in [0.05, 0.1) is 19.2 Å². The number of hydrogen-bond donors (Lipinski definition) is 2. The normalized spacial score (nSPS) is 14.4. The first kappa shape index (κ1) is 21.7. The number of likely N-dealkylation sites (N-methyl/N-ethyl adjacent to an activating group) is 1. The van der Waals surface area contributed by atoms with Crippen LogP contribution in [0.5, 0.6) is 0 Å². The summed E-state index contributed by atoms with van der Waals surface area (Å²) in [7, 11) is 3.57. The average Bonchev–Trinajstić information content (AvgIpc) is 2.33. The van der Waals surface area contributed by atoms with Gasteiger partial charge in [0.15, 0.2) is 5.96 Å². The molecule has 1 atom stereocenters. The summed E-state index contributed by atoms with van der Waals surface area (Å²) in [6.07, 6.45) is 0.0213. The topological polar surface area (TPSA) is 66.0 Å². The Morgan fingerprint density at radius 1 is 1.22 bits per heavy atom. The highest BCUT2D eigenvalue weighted by molar-refractivity contribution is 5.86. The number of guanidine groups is 1. The first-order valence-electron chi connectivity index (χ1n) is 8.24. The molecule has 1 amide bonds. The van der Waals surface area contributed by atoms with Crippen LogP contribution in [0.3, 0.4) is 0 Å². The summed E-state index contributed by atoms with van der Waals surface area (Å²) < 4.78 is 5.54. The van der Waals surface area contributed by atoms with Crippen LogP contribution in [0, 0.1) is 5.41 Å². The molecule has 0 heterocycles. The number of methoxy groups -OCH3 is 1.